The summed E-state index contributed by atoms with van der Waals surface area (Å²) in [6.45, 7) is 0. The van der Waals surface area contributed by atoms with Crippen LogP contribution in [0.5, 0.6) is 0 Å². The zero-order chi connectivity index (χ0) is 7.56. The Morgan fingerprint density at radius 2 is 1.70 bits per heavy atom. The van der Waals surface area contributed by atoms with Crippen LogP contribution in [-0.4, -0.2) is 0 Å². The summed E-state index contributed by atoms with van der Waals surface area (Å²) >= 11 is 2.90. The van der Waals surface area contributed by atoms with E-state index in [0.29, 0.717) is 0 Å². The Hall–Kier alpha value is -0.0900. The fourth-order valence-electron chi connectivity index (χ4n) is 0.556. The second kappa shape index (κ2) is 3.34. The zero-order valence-electron chi connectivity index (χ0n) is 4.77. The van der Waals surface area contributed by atoms with Gasteiger partial charge in [-0.15, -0.1) is 0 Å². The lowest BCUT2D eigenvalue weighted by atomic mass is 10.3. The monoisotopic (exact) mass is 224 g/mol. The minimum absolute atomic E-state index is 0.00231. The van der Waals surface area contributed by atoms with Crippen molar-refractivity contribution in [3.05, 3.63) is 29.8 Å². The highest BCUT2D eigenvalue weighted by atomic mass is 79.9. The van der Waals surface area contributed by atoms with Crippen LogP contribution in [0.2, 0.25) is 0 Å². The third-order valence-corrected chi connectivity index (χ3v) is 2.51. The molecule has 1 aromatic rings. The minimum atomic E-state index is -0.540. The van der Waals surface area contributed by atoms with Crippen LogP contribution in [0.15, 0.2) is 23.1 Å². The maximum atomic E-state index is 12.6. The maximum Gasteiger partial charge on any atom is 0.140 e. The second-order valence-corrected chi connectivity index (χ2v) is 3.16. The van der Waals surface area contributed by atoms with Crippen LogP contribution in [-0.2, 0) is 0 Å². The molecule has 4 heteroatoms. The molecule has 0 heterocycles. The van der Waals surface area contributed by atoms with Gasteiger partial charge in [0, 0.05) is 0 Å². The summed E-state index contributed by atoms with van der Waals surface area (Å²) in [4.78, 5) is 0.00231. The van der Waals surface area contributed by atoms with E-state index in [0.717, 1.165) is 10.2 Å². The van der Waals surface area contributed by atoms with E-state index in [1.54, 1.807) is 0 Å². The lowest BCUT2D eigenvalue weighted by Crippen LogP contribution is -1.82. The summed E-state index contributed by atoms with van der Waals surface area (Å²) in [6.07, 6.45) is 0. The minimum Gasteiger partial charge on any atom is -0.206 e. The number of benzene rings is 1. The van der Waals surface area contributed by atoms with Gasteiger partial charge in [-0.1, -0.05) is 6.07 Å². The van der Waals surface area contributed by atoms with Gasteiger partial charge in [0.1, 0.15) is 11.6 Å². The molecule has 0 radical (unpaired) electrons. The first kappa shape index (κ1) is 8.01. The molecule has 1 aromatic carbocycles. The van der Waals surface area contributed by atoms with E-state index in [2.05, 4.69) is 14.8 Å². The molecule has 0 atom stereocenters. The zero-order valence-corrected chi connectivity index (χ0v) is 7.18. The Labute approximate surface area is 68.8 Å². The number of hydrogen-bond acceptors (Lipinski definition) is 1. The highest BCUT2D eigenvalue weighted by Crippen LogP contribution is 2.29. The van der Waals surface area contributed by atoms with Gasteiger partial charge in [0.2, 0.25) is 0 Å². The first-order chi connectivity index (χ1) is 4.75. The van der Waals surface area contributed by atoms with Crippen LogP contribution >= 0.6 is 25.0 Å². The van der Waals surface area contributed by atoms with Gasteiger partial charge in [0.15, 0.2) is 0 Å². The van der Waals surface area contributed by atoms with E-state index in [9.17, 15) is 8.78 Å². The molecule has 0 N–H and O–H groups in total. The topological polar surface area (TPSA) is 0 Å². The first-order valence-corrected chi connectivity index (χ1v) is 5.14. The quantitative estimate of drug-likeness (QED) is 0.706. The van der Waals surface area contributed by atoms with Crippen LogP contribution in [0.3, 0.4) is 0 Å². The van der Waals surface area contributed by atoms with Gasteiger partial charge in [0.05, 0.1) is 4.90 Å². The van der Waals surface area contributed by atoms with E-state index in [1.807, 2.05) is 0 Å². The largest absolute Gasteiger partial charge is 0.206 e. The molecule has 0 saturated heterocycles. The van der Waals surface area contributed by atoms with Gasteiger partial charge in [-0.05, 0) is 37.1 Å². The van der Waals surface area contributed by atoms with Crippen LogP contribution in [0.4, 0.5) is 8.78 Å². The Balaban J connectivity index is 3.17. The van der Waals surface area contributed by atoms with Crippen molar-refractivity contribution in [2.75, 3.05) is 0 Å². The SMILES string of the molecule is Fc1cccc(F)c1SBr. The average molecular weight is 225 g/mol. The Morgan fingerprint density at radius 3 is 2.00 bits per heavy atom. The fourth-order valence-corrected chi connectivity index (χ4v) is 1.77. The Bertz CT molecular complexity index is 219. The van der Waals surface area contributed by atoms with Crippen molar-refractivity contribution in [2.45, 2.75) is 4.90 Å². The van der Waals surface area contributed by atoms with Crippen molar-refractivity contribution in [1.29, 1.82) is 0 Å². The van der Waals surface area contributed by atoms with Gasteiger partial charge in [-0.3, -0.25) is 0 Å². The van der Waals surface area contributed by atoms with Crippen molar-refractivity contribution in [3.8, 4) is 0 Å². The summed E-state index contributed by atoms with van der Waals surface area (Å²) in [6, 6.07) is 3.76. The molecule has 0 amide bonds. The van der Waals surface area contributed by atoms with Gasteiger partial charge < -0.3 is 0 Å². The standard InChI is InChI=1S/C6H3BrF2S/c7-10-6-4(8)2-1-3-5(6)9/h1-3H. The molecule has 0 spiro atoms. The van der Waals surface area contributed by atoms with Crippen LogP contribution in [0.25, 0.3) is 0 Å². The van der Waals surface area contributed by atoms with Crippen molar-refractivity contribution < 1.29 is 8.78 Å². The lowest BCUT2D eigenvalue weighted by molar-refractivity contribution is 0.541. The van der Waals surface area contributed by atoms with Crippen LogP contribution < -0.4 is 0 Å². The molecule has 1 rings (SSSR count). The van der Waals surface area contributed by atoms with E-state index < -0.39 is 11.6 Å². The molecule has 0 aliphatic rings. The summed E-state index contributed by atoms with van der Waals surface area (Å²) in [7, 11) is 0.885. The van der Waals surface area contributed by atoms with Crippen molar-refractivity contribution in [1.82, 2.24) is 0 Å². The predicted octanol–water partition coefficient (Wildman–Crippen LogP) is 3.37. The predicted molar refractivity (Wildman–Crippen MR) is 41.1 cm³/mol. The molecule has 0 fully saturated rings. The molecule has 0 saturated carbocycles. The molecule has 0 aliphatic heterocycles. The normalized spacial score (nSPS) is 9.90. The number of rotatable bonds is 1. The summed E-state index contributed by atoms with van der Waals surface area (Å²) < 4.78 is 25.1. The van der Waals surface area contributed by atoms with Gasteiger partial charge in [0.25, 0.3) is 0 Å². The van der Waals surface area contributed by atoms with E-state index in [4.69, 9.17) is 0 Å². The first-order valence-electron chi connectivity index (χ1n) is 2.48. The molecule has 0 aromatic heterocycles. The van der Waals surface area contributed by atoms with Crippen LogP contribution in [0.1, 0.15) is 0 Å². The third kappa shape index (κ3) is 1.49. The van der Waals surface area contributed by atoms with Crippen molar-refractivity contribution in [3.63, 3.8) is 0 Å². The van der Waals surface area contributed by atoms with Crippen molar-refractivity contribution >= 4 is 25.0 Å². The number of hydrogen-bond donors (Lipinski definition) is 0. The molecular formula is C6H3BrF2S. The van der Waals surface area contributed by atoms with E-state index in [-0.39, 0.29) is 4.90 Å². The maximum absolute atomic E-state index is 12.6. The summed E-state index contributed by atoms with van der Waals surface area (Å²) in [5.41, 5.74) is 0. The van der Waals surface area contributed by atoms with Crippen LogP contribution in [0, 0.1) is 11.6 Å². The lowest BCUT2D eigenvalue weighted by Gasteiger charge is -1.96. The third-order valence-electron chi connectivity index (χ3n) is 0.996. The summed E-state index contributed by atoms with van der Waals surface area (Å²) in [5.74, 6) is -1.08. The Morgan fingerprint density at radius 1 is 1.20 bits per heavy atom. The van der Waals surface area contributed by atoms with Gasteiger partial charge >= 0.3 is 0 Å². The molecule has 0 unspecified atom stereocenters. The number of halogens is 3. The van der Waals surface area contributed by atoms with E-state index in [1.165, 1.54) is 18.2 Å². The fraction of sp³-hybridized carbons (Fsp3) is 0. The highest BCUT2D eigenvalue weighted by Gasteiger charge is 2.05. The average Bonchev–Trinajstić information content (AvgIpc) is 1.88. The molecule has 10 heavy (non-hydrogen) atoms. The summed E-state index contributed by atoms with van der Waals surface area (Å²) in [5, 5.41) is 0. The molecular weight excluding hydrogens is 222 g/mol. The molecule has 54 valence electrons. The van der Waals surface area contributed by atoms with Crippen molar-refractivity contribution in [2.24, 2.45) is 0 Å². The van der Waals surface area contributed by atoms with Gasteiger partial charge in [-0.2, -0.15) is 0 Å². The van der Waals surface area contributed by atoms with Gasteiger partial charge in [-0.25, -0.2) is 8.78 Å². The highest BCUT2D eigenvalue weighted by molar-refractivity contribution is 9.50. The smallest absolute Gasteiger partial charge is 0.140 e. The molecule has 0 aliphatic carbocycles. The second-order valence-electron chi connectivity index (χ2n) is 1.63. The van der Waals surface area contributed by atoms with E-state index >= 15 is 0 Å². The Kier molecular flexibility index (Phi) is 2.68. The molecule has 0 bridgehead atoms. The molecule has 0 nitrogen and oxygen atoms in total.